The molecule has 2 aromatic rings. The molecule has 0 spiro atoms. The van der Waals surface area contributed by atoms with Gasteiger partial charge in [-0.3, -0.25) is 9.59 Å². The zero-order chi connectivity index (χ0) is 15.7. The molecular formula is C17H16N2O3. The number of fused-ring (bicyclic) bond motifs is 1. The van der Waals surface area contributed by atoms with Crippen molar-refractivity contribution in [3.8, 4) is 5.75 Å². The Morgan fingerprint density at radius 1 is 1.18 bits per heavy atom. The van der Waals surface area contributed by atoms with Crippen molar-refractivity contribution in [1.29, 1.82) is 0 Å². The van der Waals surface area contributed by atoms with Crippen molar-refractivity contribution < 1.29 is 14.3 Å². The molecule has 2 amide bonds. The second kappa shape index (κ2) is 5.52. The van der Waals surface area contributed by atoms with Crippen LogP contribution in [0.4, 0.5) is 11.4 Å². The van der Waals surface area contributed by atoms with Crippen LogP contribution in [0, 0.1) is 6.92 Å². The highest BCUT2D eigenvalue weighted by Crippen LogP contribution is 2.32. The molecule has 0 fully saturated rings. The van der Waals surface area contributed by atoms with Crippen molar-refractivity contribution in [3.05, 3.63) is 53.6 Å². The molecule has 0 saturated heterocycles. The van der Waals surface area contributed by atoms with E-state index in [2.05, 4.69) is 5.32 Å². The van der Waals surface area contributed by atoms with E-state index in [1.54, 1.807) is 25.2 Å². The number of amides is 2. The number of nitrogens with zero attached hydrogens (tertiary/aromatic N) is 1. The Kier molecular flexibility index (Phi) is 3.55. The maximum Gasteiger partial charge on any atom is 0.264 e. The molecule has 0 bridgehead atoms. The van der Waals surface area contributed by atoms with E-state index in [1.807, 2.05) is 31.2 Å². The molecule has 0 aliphatic carbocycles. The summed E-state index contributed by atoms with van der Waals surface area (Å²) in [5.41, 5.74) is 2.94. The Balaban J connectivity index is 1.84. The van der Waals surface area contributed by atoms with Crippen LogP contribution in [-0.4, -0.2) is 25.5 Å². The number of hydrogen-bond acceptors (Lipinski definition) is 3. The highest BCUT2D eigenvalue weighted by Gasteiger charge is 2.23. The van der Waals surface area contributed by atoms with E-state index < -0.39 is 0 Å². The van der Waals surface area contributed by atoms with Gasteiger partial charge in [0.2, 0.25) is 0 Å². The van der Waals surface area contributed by atoms with Crippen molar-refractivity contribution in [2.24, 2.45) is 0 Å². The molecule has 1 heterocycles. The molecule has 0 radical (unpaired) electrons. The number of ether oxygens (including phenoxy) is 1. The number of benzene rings is 2. The van der Waals surface area contributed by atoms with Crippen LogP contribution >= 0.6 is 0 Å². The van der Waals surface area contributed by atoms with Crippen LogP contribution in [-0.2, 0) is 4.79 Å². The van der Waals surface area contributed by atoms with E-state index in [4.69, 9.17) is 4.74 Å². The van der Waals surface area contributed by atoms with Crippen molar-refractivity contribution in [2.75, 3.05) is 23.9 Å². The molecule has 1 aliphatic rings. The number of anilines is 2. The fraction of sp³-hybridized carbons (Fsp3) is 0.176. The van der Waals surface area contributed by atoms with Gasteiger partial charge >= 0.3 is 0 Å². The van der Waals surface area contributed by atoms with Crippen molar-refractivity contribution in [1.82, 2.24) is 0 Å². The van der Waals surface area contributed by atoms with Crippen molar-refractivity contribution in [2.45, 2.75) is 6.92 Å². The third kappa shape index (κ3) is 2.65. The predicted molar refractivity (Wildman–Crippen MR) is 84.5 cm³/mol. The average Bonchev–Trinajstić information content (AvgIpc) is 2.53. The summed E-state index contributed by atoms with van der Waals surface area (Å²) in [5.74, 6) is 0.246. The standard InChI is InChI=1S/C17H16N2O3/c1-11-3-6-13(7-4-11)18-17(21)12-5-8-15-14(9-12)19(2)16(20)10-22-15/h3-9H,10H2,1-2H3,(H,18,21). The molecule has 2 aromatic carbocycles. The quantitative estimate of drug-likeness (QED) is 0.926. The molecule has 3 rings (SSSR count). The molecule has 0 unspecified atom stereocenters. The highest BCUT2D eigenvalue weighted by molar-refractivity contribution is 6.06. The SMILES string of the molecule is Cc1ccc(NC(=O)c2ccc3c(c2)N(C)C(=O)CO3)cc1. The summed E-state index contributed by atoms with van der Waals surface area (Å²) in [6.07, 6.45) is 0. The minimum Gasteiger partial charge on any atom is -0.482 e. The molecule has 112 valence electrons. The largest absolute Gasteiger partial charge is 0.482 e. The van der Waals surface area contributed by atoms with Crippen LogP contribution < -0.4 is 15.0 Å². The van der Waals surface area contributed by atoms with Gasteiger partial charge in [-0.15, -0.1) is 0 Å². The Morgan fingerprint density at radius 3 is 2.64 bits per heavy atom. The van der Waals surface area contributed by atoms with Crippen LogP contribution in [0.25, 0.3) is 0 Å². The van der Waals surface area contributed by atoms with E-state index in [-0.39, 0.29) is 18.4 Å². The Hall–Kier alpha value is -2.82. The zero-order valence-corrected chi connectivity index (χ0v) is 12.4. The molecule has 0 aromatic heterocycles. The Morgan fingerprint density at radius 2 is 1.91 bits per heavy atom. The fourth-order valence-corrected chi connectivity index (χ4v) is 2.25. The van der Waals surface area contributed by atoms with Gasteiger partial charge in [-0.05, 0) is 37.3 Å². The molecular weight excluding hydrogens is 280 g/mol. The van der Waals surface area contributed by atoms with Gasteiger partial charge in [0.25, 0.3) is 11.8 Å². The summed E-state index contributed by atoms with van der Waals surface area (Å²) in [6, 6.07) is 12.6. The minimum absolute atomic E-state index is 0.0262. The number of aryl methyl sites for hydroxylation is 1. The van der Waals surface area contributed by atoms with Gasteiger partial charge < -0.3 is 15.0 Å². The van der Waals surface area contributed by atoms with Crippen LogP contribution in [0.1, 0.15) is 15.9 Å². The number of hydrogen-bond donors (Lipinski definition) is 1. The van der Waals surface area contributed by atoms with Crippen LogP contribution in [0.15, 0.2) is 42.5 Å². The minimum atomic E-state index is -0.224. The number of nitrogens with one attached hydrogen (secondary N) is 1. The van der Waals surface area contributed by atoms with Crippen LogP contribution in [0.3, 0.4) is 0 Å². The second-order valence-corrected chi connectivity index (χ2v) is 5.24. The lowest BCUT2D eigenvalue weighted by Crippen LogP contribution is -2.35. The van der Waals surface area contributed by atoms with E-state index in [0.29, 0.717) is 17.0 Å². The molecule has 1 aliphatic heterocycles. The van der Waals surface area contributed by atoms with Gasteiger partial charge in [-0.25, -0.2) is 0 Å². The number of carbonyl (C=O) groups is 2. The highest BCUT2D eigenvalue weighted by atomic mass is 16.5. The maximum atomic E-state index is 12.3. The first-order chi connectivity index (χ1) is 10.5. The summed E-state index contributed by atoms with van der Waals surface area (Å²) >= 11 is 0. The summed E-state index contributed by atoms with van der Waals surface area (Å²) in [6.45, 7) is 2.01. The summed E-state index contributed by atoms with van der Waals surface area (Å²) in [7, 11) is 1.67. The van der Waals surface area contributed by atoms with Crippen LogP contribution in [0.2, 0.25) is 0 Å². The maximum absolute atomic E-state index is 12.3. The zero-order valence-electron chi connectivity index (χ0n) is 12.4. The van der Waals surface area contributed by atoms with E-state index in [9.17, 15) is 9.59 Å². The number of rotatable bonds is 2. The average molecular weight is 296 g/mol. The van der Waals surface area contributed by atoms with E-state index in [0.717, 1.165) is 11.3 Å². The van der Waals surface area contributed by atoms with Gasteiger partial charge in [-0.2, -0.15) is 0 Å². The van der Waals surface area contributed by atoms with Gasteiger partial charge in [0.15, 0.2) is 6.61 Å². The Labute approximate surface area is 128 Å². The van der Waals surface area contributed by atoms with Gasteiger partial charge in [0.05, 0.1) is 5.69 Å². The lowest BCUT2D eigenvalue weighted by molar-refractivity contribution is -0.120. The normalized spacial score (nSPS) is 13.4. The second-order valence-electron chi connectivity index (χ2n) is 5.24. The van der Waals surface area contributed by atoms with Crippen molar-refractivity contribution in [3.63, 3.8) is 0 Å². The van der Waals surface area contributed by atoms with Gasteiger partial charge in [0.1, 0.15) is 5.75 Å². The molecule has 1 N–H and O–H groups in total. The fourth-order valence-electron chi connectivity index (χ4n) is 2.25. The predicted octanol–water partition coefficient (Wildman–Crippen LogP) is 2.60. The van der Waals surface area contributed by atoms with E-state index in [1.165, 1.54) is 4.90 Å². The van der Waals surface area contributed by atoms with Gasteiger partial charge in [0, 0.05) is 18.3 Å². The first-order valence-corrected chi connectivity index (χ1v) is 6.96. The first kappa shape index (κ1) is 14.1. The first-order valence-electron chi connectivity index (χ1n) is 6.96. The third-order valence-electron chi connectivity index (χ3n) is 3.62. The molecule has 22 heavy (non-hydrogen) atoms. The lowest BCUT2D eigenvalue weighted by atomic mass is 10.1. The number of likely N-dealkylation sites (N-methyl/N-ethyl adjacent to an activating group) is 1. The third-order valence-corrected chi connectivity index (χ3v) is 3.62. The van der Waals surface area contributed by atoms with Crippen LogP contribution in [0.5, 0.6) is 5.75 Å². The van der Waals surface area contributed by atoms with E-state index >= 15 is 0 Å². The van der Waals surface area contributed by atoms with Gasteiger partial charge in [-0.1, -0.05) is 17.7 Å². The molecule has 5 nitrogen and oxygen atoms in total. The smallest absolute Gasteiger partial charge is 0.264 e. The topological polar surface area (TPSA) is 58.6 Å². The number of carbonyl (C=O) groups excluding carboxylic acids is 2. The molecule has 0 saturated carbocycles. The van der Waals surface area contributed by atoms with Crippen molar-refractivity contribution >= 4 is 23.2 Å². The summed E-state index contributed by atoms with van der Waals surface area (Å²) < 4.78 is 5.35. The molecule has 0 atom stereocenters. The summed E-state index contributed by atoms with van der Waals surface area (Å²) in [5, 5.41) is 2.84. The lowest BCUT2D eigenvalue weighted by Gasteiger charge is -2.26. The summed E-state index contributed by atoms with van der Waals surface area (Å²) in [4.78, 5) is 25.5. The monoisotopic (exact) mass is 296 g/mol. The Bertz CT molecular complexity index is 738. The molecule has 5 heteroatoms.